The van der Waals surface area contributed by atoms with Crippen molar-refractivity contribution in [1.82, 2.24) is 9.97 Å². The number of esters is 1. The first-order valence-electron chi connectivity index (χ1n) is 8.24. The summed E-state index contributed by atoms with van der Waals surface area (Å²) in [6, 6.07) is 8.17. The zero-order chi connectivity index (χ0) is 18.2. The number of amides is 1. The van der Waals surface area contributed by atoms with E-state index in [-0.39, 0.29) is 17.6 Å². The van der Waals surface area contributed by atoms with E-state index in [4.69, 9.17) is 4.74 Å². The molecule has 2 rings (SSSR count). The fourth-order valence-corrected chi connectivity index (χ4v) is 2.29. The molecule has 1 amide bonds. The van der Waals surface area contributed by atoms with Crippen molar-refractivity contribution < 1.29 is 14.3 Å². The van der Waals surface area contributed by atoms with Gasteiger partial charge in [0.25, 0.3) is 5.91 Å². The van der Waals surface area contributed by atoms with Gasteiger partial charge >= 0.3 is 5.97 Å². The van der Waals surface area contributed by atoms with Crippen LogP contribution in [0.2, 0.25) is 0 Å². The maximum absolute atomic E-state index is 12.4. The van der Waals surface area contributed by atoms with Gasteiger partial charge in [0.1, 0.15) is 17.8 Å². The first kappa shape index (κ1) is 18.4. The van der Waals surface area contributed by atoms with Gasteiger partial charge in [0.15, 0.2) is 0 Å². The molecule has 0 spiro atoms. The second kappa shape index (κ2) is 8.77. The molecule has 0 radical (unpaired) electrons. The molecular weight excluding hydrogens is 320 g/mol. The fourth-order valence-electron chi connectivity index (χ4n) is 2.29. The first-order chi connectivity index (χ1) is 12.1. The van der Waals surface area contributed by atoms with Crippen molar-refractivity contribution in [3.8, 4) is 0 Å². The van der Waals surface area contributed by atoms with E-state index in [1.807, 2.05) is 18.7 Å². The van der Waals surface area contributed by atoms with Crippen LogP contribution in [0.25, 0.3) is 0 Å². The Hall–Kier alpha value is -2.96. The van der Waals surface area contributed by atoms with E-state index < -0.39 is 0 Å². The van der Waals surface area contributed by atoms with Gasteiger partial charge < -0.3 is 15.0 Å². The molecule has 0 saturated heterocycles. The zero-order valence-corrected chi connectivity index (χ0v) is 14.7. The quantitative estimate of drug-likeness (QED) is 0.779. The number of anilines is 2. The Morgan fingerprint density at radius 2 is 1.76 bits per heavy atom. The van der Waals surface area contributed by atoms with Crippen molar-refractivity contribution in [2.24, 2.45) is 0 Å². The van der Waals surface area contributed by atoms with Gasteiger partial charge in [-0.05, 0) is 45.0 Å². The van der Waals surface area contributed by atoms with Gasteiger partial charge in [-0.3, -0.25) is 4.79 Å². The Balaban J connectivity index is 2.09. The van der Waals surface area contributed by atoms with Gasteiger partial charge in [-0.1, -0.05) is 0 Å². The predicted molar refractivity (Wildman–Crippen MR) is 95.9 cm³/mol. The molecule has 0 aliphatic heterocycles. The largest absolute Gasteiger partial charge is 0.462 e. The molecule has 1 aromatic heterocycles. The number of benzene rings is 1. The summed E-state index contributed by atoms with van der Waals surface area (Å²) in [6.45, 7) is 7.71. The van der Waals surface area contributed by atoms with E-state index in [1.165, 1.54) is 6.33 Å². The first-order valence-corrected chi connectivity index (χ1v) is 8.24. The number of hydrogen-bond donors (Lipinski definition) is 1. The highest BCUT2D eigenvalue weighted by molar-refractivity contribution is 6.03. The minimum absolute atomic E-state index is 0.284. The topological polar surface area (TPSA) is 84.4 Å². The van der Waals surface area contributed by atoms with Crippen LogP contribution in [-0.4, -0.2) is 41.5 Å². The van der Waals surface area contributed by atoms with Crippen molar-refractivity contribution in [3.05, 3.63) is 47.9 Å². The molecule has 1 N–H and O–H groups in total. The Labute approximate surface area is 147 Å². The van der Waals surface area contributed by atoms with Gasteiger partial charge in [0.2, 0.25) is 0 Å². The van der Waals surface area contributed by atoms with Crippen LogP contribution in [0.4, 0.5) is 11.5 Å². The summed E-state index contributed by atoms with van der Waals surface area (Å²) in [6.07, 6.45) is 1.38. The minimum atomic E-state index is -0.389. The lowest BCUT2D eigenvalue weighted by atomic mass is 10.2. The van der Waals surface area contributed by atoms with Crippen molar-refractivity contribution in [3.63, 3.8) is 0 Å². The molecule has 0 aliphatic rings. The van der Waals surface area contributed by atoms with Crippen LogP contribution in [0.5, 0.6) is 0 Å². The zero-order valence-electron chi connectivity index (χ0n) is 14.7. The molecule has 1 heterocycles. The van der Waals surface area contributed by atoms with E-state index in [0.29, 0.717) is 23.7 Å². The van der Waals surface area contributed by atoms with Crippen molar-refractivity contribution >= 4 is 23.4 Å². The number of nitrogens with zero attached hydrogens (tertiary/aromatic N) is 3. The highest BCUT2D eigenvalue weighted by Crippen LogP contribution is 2.14. The Morgan fingerprint density at radius 3 is 2.36 bits per heavy atom. The Bertz CT molecular complexity index is 727. The Morgan fingerprint density at radius 1 is 1.08 bits per heavy atom. The normalized spacial score (nSPS) is 10.2. The number of rotatable bonds is 7. The summed E-state index contributed by atoms with van der Waals surface area (Å²) >= 11 is 0. The SMILES string of the molecule is CCOC(=O)c1ccc(NC(=O)c2cc(N(CC)CC)ncn2)cc1. The molecule has 0 saturated carbocycles. The predicted octanol–water partition coefficient (Wildman–Crippen LogP) is 2.75. The van der Waals surface area contributed by atoms with Gasteiger partial charge in [-0.25, -0.2) is 14.8 Å². The molecule has 2 aromatic rings. The number of carbonyl (C=O) groups is 2. The molecule has 132 valence electrons. The lowest BCUT2D eigenvalue weighted by molar-refractivity contribution is 0.0526. The van der Waals surface area contributed by atoms with Gasteiger partial charge in [0, 0.05) is 24.8 Å². The number of nitrogens with one attached hydrogen (secondary N) is 1. The summed E-state index contributed by atoms with van der Waals surface area (Å²) in [4.78, 5) is 34.3. The van der Waals surface area contributed by atoms with E-state index in [2.05, 4.69) is 15.3 Å². The molecule has 1 aromatic carbocycles. The lowest BCUT2D eigenvalue weighted by Crippen LogP contribution is -2.24. The van der Waals surface area contributed by atoms with Gasteiger partial charge in [-0.15, -0.1) is 0 Å². The molecule has 25 heavy (non-hydrogen) atoms. The van der Waals surface area contributed by atoms with Crippen LogP contribution in [0.15, 0.2) is 36.7 Å². The van der Waals surface area contributed by atoms with Crippen LogP contribution in [0.1, 0.15) is 41.6 Å². The van der Waals surface area contributed by atoms with Crippen molar-refractivity contribution in [1.29, 1.82) is 0 Å². The van der Waals surface area contributed by atoms with E-state index in [9.17, 15) is 9.59 Å². The molecular formula is C18H22N4O3. The number of hydrogen-bond acceptors (Lipinski definition) is 6. The standard InChI is InChI=1S/C18H22N4O3/c1-4-22(5-2)16-11-15(19-12-20-16)17(23)21-14-9-7-13(8-10-14)18(24)25-6-3/h7-12H,4-6H2,1-3H3,(H,21,23). The third-order valence-electron chi connectivity index (χ3n) is 3.63. The maximum atomic E-state index is 12.4. The molecule has 7 heteroatoms. The summed E-state index contributed by atoms with van der Waals surface area (Å²) in [7, 11) is 0. The molecule has 0 bridgehead atoms. The molecule has 0 atom stereocenters. The van der Waals surface area contributed by atoms with Crippen LogP contribution in [0.3, 0.4) is 0 Å². The monoisotopic (exact) mass is 342 g/mol. The van der Waals surface area contributed by atoms with E-state index in [0.717, 1.165) is 13.1 Å². The summed E-state index contributed by atoms with van der Waals surface area (Å²) < 4.78 is 4.93. The highest BCUT2D eigenvalue weighted by atomic mass is 16.5. The molecule has 0 unspecified atom stereocenters. The third-order valence-corrected chi connectivity index (χ3v) is 3.63. The highest BCUT2D eigenvalue weighted by Gasteiger charge is 2.12. The fraction of sp³-hybridized carbons (Fsp3) is 0.333. The number of aromatic nitrogens is 2. The Kier molecular flexibility index (Phi) is 6.45. The second-order valence-electron chi connectivity index (χ2n) is 5.19. The molecule has 0 fully saturated rings. The second-order valence-corrected chi connectivity index (χ2v) is 5.19. The summed E-state index contributed by atoms with van der Waals surface area (Å²) in [5, 5.41) is 2.76. The summed E-state index contributed by atoms with van der Waals surface area (Å²) in [5.74, 6) is -0.0115. The average molecular weight is 342 g/mol. The minimum Gasteiger partial charge on any atom is -0.462 e. The van der Waals surface area contributed by atoms with Crippen LogP contribution in [0, 0.1) is 0 Å². The smallest absolute Gasteiger partial charge is 0.338 e. The average Bonchev–Trinajstić information content (AvgIpc) is 2.64. The van der Waals surface area contributed by atoms with E-state index in [1.54, 1.807) is 37.3 Å². The number of ether oxygens (including phenoxy) is 1. The van der Waals surface area contributed by atoms with E-state index >= 15 is 0 Å². The molecule has 0 aliphatic carbocycles. The lowest BCUT2D eigenvalue weighted by Gasteiger charge is -2.19. The number of carbonyl (C=O) groups excluding carboxylic acids is 2. The van der Waals surface area contributed by atoms with Crippen molar-refractivity contribution in [2.45, 2.75) is 20.8 Å². The van der Waals surface area contributed by atoms with Gasteiger partial charge in [0.05, 0.1) is 12.2 Å². The van der Waals surface area contributed by atoms with Crippen molar-refractivity contribution in [2.75, 3.05) is 29.9 Å². The van der Waals surface area contributed by atoms with Crippen LogP contribution >= 0.6 is 0 Å². The van der Waals surface area contributed by atoms with Crippen LogP contribution in [-0.2, 0) is 4.74 Å². The van der Waals surface area contributed by atoms with Gasteiger partial charge in [-0.2, -0.15) is 0 Å². The van der Waals surface area contributed by atoms with Crippen LogP contribution < -0.4 is 10.2 Å². The summed E-state index contributed by atoms with van der Waals surface area (Å²) in [5.41, 5.74) is 1.29. The maximum Gasteiger partial charge on any atom is 0.338 e. The third kappa shape index (κ3) is 4.76. The molecule has 7 nitrogen and oxygen atoms in total.